The Morgan fingerprint density at radius 2 is 2.17 bits per heavy atom. The van der Waals surface area contributed by atoms with Crippen LogP contribution < -0.4 is 17.0 Å². The first kappa shape index (κ1) is 12.3. The summed E-state index contributed by atoms with van der Waals surface area (Å²) >= 11 is 5.65. The molecule has 3 N–H and O–H groups in total. The molecule has 0 aliphatic rings. The molecule has 94 valence electrons. The van der Waals surface area contributed by atoms with Crippen LogP contribution in [0.3, 0.4) is 0 Å². The first-order valence-electron chi connectivity index (χ1n) is 5.05. The van der Waals surface area contributed by atoms with E-state index >= 15 is 0 Å². The number of nitrogen functional groups attached to an aromatic ring is 1. The molecule has 2 aromatic heterocycles. The van der Waals surface area contributed by atoms with Crippen molar-refractivity contribution >= 4 is 17.4 Å². The maximum absolute atomic E-state index is 11.5. The number of aromatic amines is 1. The summed E-state index contributed by atoms with van der Waals surface area (Å²) in [7, 11) is 0. The van der Waals surface area contributed by atoms with Gasteiger partial charge in [-0.3, -0.25) is 14.3 Å². The van der Waals surface area contributed by atoms with Crippen LogP contribution in [-0.2, 0) is 6.54 Å². The summed E-state index contributed by atoms with van der Waals surface area (Å²) in [5.41, 5.74) is 5.08. The molecule has 0 bridgehead atoms. The van der Waals surface area contributed by atoms with Gasteiger partial charge in [-0.15, -0.1) is 0 Å². The van der Waals surface area contributed by atoms with Gasteiger partial charge in [0.25, 0.3) is 5.56 Å². The first-order valence-corrected chi connectivity index (χ1v) is 5.43. The SMILES string of the molecule is Cc1cc(N)nc(Cn2cc(Cl)c(=O)[nH]c2=O)n1. The van der Waals surface area contributed by atoms with Gasteiger partial charge < -0.3 is 5.73 Å². The van der Waals surface area contributed by atoms with E-state index in [0.29, 0.717) is 17.3 Å². The molecule has 0 atom stereocenters. The van der Waals surface area contributed by atoms with Crippen LogP contribution >= 0.6 is 11.6 Å². The lowest BCUT2D eigenvalue weighted by Crippen LogP contribution is -2.30. The van der Waals surface area contributed by atoms with Crippen molar-refractivity contribution in [2.45, 2.75) is 13.5 Å². The zero-order chi connectivity index (χ0) is 13.3. The van der Waals surface area contributed by atoms with E-state index in [0.717, 1.165) is 0 Å². The number of nitrogens with zero attached hydrogens (tertiary/aromatic N) is 3. The van der Waals surface area contributed by atoms with Crippen molar-refractivity contribution in [1.82, 2.24) is 19.5 Å². The molecular formula is C10H10ClN5O2. The minimum Gasteiger partial charge on any atom is -0.384 e. The maximum atomic E-state index is 11.5. The van der Waals surface area contributed by atoms with Crippen LogP contribution in [0.2, 0.25) is 5.02 Å². The van der Waals surface area contributed by atoms with Crippen molar-refractivity contribution < 1.29 is 0 Å². The quantitative estimate of drug-likeness (QED) is 0.791. The van der Waals surface area contributed by atoms with E-state index in [1.54, 1.807) is 13.0 Å². The number of hydrogen-bond donors (Lipinski definition) is 2. The number of halogens is 1. The predicted octanol–water partition coefficient (Wildman–Crippen LogP) is -0.0811. The Hall–Kier alpha value is -2.15. The highest BCUT2D eigenvalue weighted by molar-refractivity contribution is 6.30. The van der Waals surface area contributed by atoms with E-state index in [4.69, 9.17) is 17.3 Å². The minimum atomic E-state index is -0.623. The van der Waals surface area contributed by atoms with Gasteiger partial charge in [0.1, 0.15) is 10.8 Å². The summed E-state index contributed by atoms with van der Waals surface area (Å²) in [6, 6.07) is 1.62. The molecule has 0 spiro atoms. The van der Waals surface area contributed by atoms with E-state index < -0.39 is 11.2 Å². The largest absolute Gasteiger partial charge is 0.384 e. The van der Waals surface area contributed by atoms with Crippen LogP contribution in [0.1, 0.15) is 11.5 Å². The third-order valence-electron chi connectivity index (χ3n) is 2.20. The van der Waals surface area contributed by atoms with Gasteiger partial charge in [-0.05, 0) is 6.92 Å². The summed E-state index contributed by atoms with van der Waals surface area (Å²) in [6.45, 7) is 1.85. The predicted molar refractivity (Wildman–Crippen MR) is 66.6 cm³/mol. The van der Waals surface area contributed by atoms with Gasteiger partial charge in [0.2, 0.25) is 0 Å². The Bertz CT molecular complexity index is 686. The number of anilines is 1. The van der Waals surface area contributed by atoms with Crippen LogP contribution in [0, 0.1) is 6.92 Å². The topological polar surface area (TPSA) is 107 Å². The normalized spacial score (nSPS) is 10.6. The molecule has 2 rings (SSSR count). The van der Waals surface area contributed by atoms with Crippen molar-refractivity contribution in [2.75, 3.05) is 5.73 Å². The van der Waals surface area contributed by atoms with E-state index in [1.807, 2.05) is 0 Å². The lowest BCUT2D eigenvalue weighted by atomic mass is 10.4. The Morgan fingerprint density at radius 3 is 2.83 bits per heavy atom. The molecule has 0 amide bonds. The Labute approximate surface area is 106 Å². The number of aromatic nitrogens is 4. The van der Waals surface area contributed by atoms with E-state index in [2.05, 4.69) is 15.0 Å². The number of nitrogens with one attached hydrogen (secondary N) is 1. The Kier molecular flexibility index (Phi) is 3.15. The summed E-state index contributed by atoms with van der Waals surface area (Å²) in [5, 5.41) is -0.0739. The van der Waals surface area contributed by atoms with E-state index in [9.17, 15) is 9.59 Å². The molecule has 0 saturated carbocycles. The monoisotopic (exact) mass is 267 g/mol. The van der Waals surface area contributed by atoms with Crippen LogP contribution in [0.15, 0.2) is 21.9 Å². The third kappa shape index (κ3) is 2.57. The highest BCUT2D eigenvalue weighted by atomic mass is 35.5. The van der Waals surface area contributed by atoms with Gasteiger partial charge in [0, 0.05) is 18.0 Å². The molecule has 0 unspecified atom stereocenters. The molecule has 7 nitrogen and oxygen atoms in total. The molecular weight excluding hydrogens is 258 g/mol. The number of nitrogens with two attached hydrogens (primary N) is 1. The van der Waals surface area contributed by atoms with Crippen LogP contribution in [-0.4, -0.2) is 19.5 Å². The lowest BCUT2D eigenvalue weighted by molar-refractivity contribution is 0.684. The lowest BCUT2D eigenvalue weighted by Gasteiger charge is -2.05. The van der Waals surface area contributed by atoms with Gasteiger partial charge in [-0.1, -0.05) is 11.6 Å². The minimum absolute atomic E-state index is 0.0739. The highest BCUT2D eigenvalue weighted by Crippen LogP contribution is 2.03. The van der Waals surface area contributed by atoms with Crippen LogP contribution in [0.25, 0.3) is 0 Å². The standard InChI is InChI=1S/C10H10ClN5O2/c1-5-2-7(12)14-8(13-5)4-16-3-6(11)9(17)15-10(16)18/h2-3H,4H2,1H3,(H2,12,13,14)(H,15,17,18). The average Bonchev–Trinajstić information content (AvgIpc) is 2.24. The molecule has 0 aliphatic heterocycles. The third-order valence-corrected chi connectivity index (χ3v) is 2.47. The molecule has 0 radical (unpaired) electrons. The fraction of sp³-hybridized carbons (Fsp3) is 0.200. The number of aryl methyl sites for hydroxylation is 1. The first-order chi connectivity index (χ1) is 8.45. The van der Waals surface area contributed by atoms with Crippen molar-refractivity contribution in [2.24, 2.45) is 0 Å². The van der Waals surface area contributed by atoms with E-state index in [1.165, 1.54) is 10.8 Å². The zero-order valence-electron chi connectivity index (χ0n) is 9.48. The van der Waals surface area contributed by atoms with Crippen molar-refractivity contribution in [3.63, 3.8) is 0 Å². The van der Waals surface area contributed by atoms with Crippen molar-refractivity contribution in [3.05, 3.63) is 49.6 Å². The second-order valence-electron chi connectivity index (χ2n) is 3.71. The van der Waals surface area contributed by atoms with Crippen molar-refractivity contribution in [1.29, 1.82) is 0 Å². The zero-order valence-corrected chi connectivity index (χ0v) is 10.2. The number of hydrogen-bond acceptors (Lipinski definition) is 5. The molecule has 2 heterocycles. The second-order valence-corrected chi connectivity index (χ2v) is 4.12. The average molecular weight is 268 g/mol. The number of H-pyrrole nitrogens is 1. The van der Waals surface area contributed by atoms with E-state index in [-0.39, 0.29) is 11.6 Å². The molecule has 8 heteroatoms. The second kappa shape index (κ2) is 4.61. The summed E-state index contributed by atoms with van der Waals surface area (Å²) in [6.07, 6.45) is 1.24. The smallest absolute Gasteiger partial charge is 0.328 e. The fourth-order valence-corrected chi connectivity index (χ4v) is 1.64. The molecule has 2 aromatic rings. The van der Waals surface area contributed by atoms with Gasteiger partial charge in [0.15, 0.2) is 5.82 Å². The summed E-state index contributed by atoms with van der Waals surface area (Å²) < 4.78 is 1.21. The molecule has 0 aromatic carbocycles. The molecule has 0 fully saturated rings. The van der Waals surface area contributed by atoms with Gasteiger partial charge in [0.05, 0.1) is 6.54 Å². The highest BCUT2D eigenvalue weighted by Gasteiger charge is 2.06. The number of rotatable bonds is 2. The summed E-state index contributed by atoms with van der Waals surface area (Å²) in [5.74, 6) is 0.693. The molecule has 18 heavy (non-hydrogen) atoms. The summed E-state index contributed by atoms with van der Waals surface area (Å²) in [4.78, 5) is 32.8. The fourth-order valence-electron chi connectivity index (χ4n) is 1.48. The Morgan fingerprint density at radius 1 is 1.44 bits per heavy atom. The molecule has 0 saturated heterocycles. The van der Waals surface area contributed by atoms with Crippen LogP contribution in [0.5, 0.6) is 0 Å². The Balaban J connectivity index is 2.43. The van der Waals surface area contributed by atoms with Gasteiger partial charge in [-0.25, -0.2) is 14.8 Å². The van der Waals surface area contributed by atoms with Gasteiger partial charge in [-0.2, -0.15) is 0 Å². The molecule has 0 aliphatic carbocycles. The van der Waals surface area contributed by atoms with Crippen LogP contribution in [0.4, 0.5) is 5.82 Å². The van der Waals surface area contributed by atoms with Gasteiger partial charge >= 0.3 is 5.69 Å². The van der Waals surface area contributed by atoms with Crippen molar-refractivity contribution in [3.8, 4) is 0 Å². The maximum Gasteiger partial charge on any atom is 0.328 e.